The molecule has 0 unspecified atom stereocenters. The van der Waals surface area contributed by atoms with Gasteiger partial charge in [0.25, 0.3) is 5.91 Å². The summed E-state index contributed by atoms with van der Waals surface area (Å²) >= 11 is 0. The van der Waals surface area contributed by atoms with Crippen LogP contribution in [-0.4, -0.2) is 45.8 Å². The average Bonchev–Trinajstić information content (AvgIpc) is 3.13. The summed E-state index contributed by atoms with van der Waals surface area (Å²) in [6.07, 6.45) is 5.92. The second-order valence-electron chi connectivity index (χ2n) is 5.73. The fourth-order valence-corrected chi connectivity index (χ4v) is 2.52. The molecule has 3 N–H and O–H groups in total. The lowest BCUT2D eigenvalue weighted by molar-refractivity contribution is 0.0600. The number of benzene rings is 1. The first-order valence-electron chi connectivity index (χ1n) is 8.16. The Morgan fingerprint density at radius 2 is 1.96 bits per heavy atom. The molecule has 0 aliphatic carbocycles. The quantitative estimate of drug-likeness (QED) is 0.610. The van der Waals surface area contributed by atoms with Crippen LogP contribution >= 0.6 is 0 Å². The molecule has 1 amide bonds. The van der Waals surface area contributed by atoms with E-state index in [4.69, 9.17) is 15.2 Å². The molecular formula is C18H18N6O4. The van der Waals surface area contributed by atoms with Gasteiger partial charge in [0.2, 0.25) is 0 Å². The fourth-order valence-electron chi connectivity index (χ4n) is 2.52. The number of hydrogen-bond donors (Lipinski definition) is 2. The monoisotopic (exact) mass is 382 g/mol. The summed E-state index contributed by atoms with van der Waals surface area (Å²) in [6.45, 7) is 0.352. The summed E-state index contributed by atoms with van der Waals surface area (Å²) in [5, 5.41) is 6.87. The number of carbonyl (C=O) groups is 2. The molecule has 0 saturated carbocycles. The van der Waals surface area contributed by atoms with Gasteiger partial charge in [-0.1, -0.05) is 0 Å². The number of methoxy groups -OCH3 is 2. The molecular weight excluding hydrogens is 364 g/mol. The summed E-state index contributed by atoms with van der Waals surface area (Å²) in [6, 6.07) is 5.07. The number of aromatic nitrogens is 4. The van der Waals surface area contributed by atoms with E-state index < -0.39 is 11.9 Å². The SMILES string of the molecule is COC(=O)c1cc(Cn2cc(NC(=O)c3nccnc3N)cn2)cc(OC)c1. The molecule has 3 rings (SSSR count). The number of amides is 1. The topological polar surface area (TPSA) is 134 Å². The Balaban J connectivity index is 1.75. The van der Waals surface area contributed by atoms with Crippen LogP contribution in [0.5, 0.6) is 5.75 Å². The lowest BCUT2D eigenvalue weighted by Gasteiger charge is -2.08. The highest BCUT2D eigenvalue weighted by Crippen LogP contribution is 2.19. The van der Waals surface area contributed by atoms with Crippen LogP contribution in [-0.2, 0) is 11.3 Å². The van der Waals surface area contributed by atoms with Gasteiger partial charge in [-0.25, -0.2) is 14.8 Å². The van der Waals surface area contributed by atoms with E-state index in [0.717, 1.165) is 5.56 Å². The van der Waals surface area contributed by atoms with E-state index in [9.17, 15) is 9.59 Å². The van der Waals surface area contributed by atoms with Gasteiger partial charge in [-0.05, 0) is 23.8 Å². The molecule has 1 aromatic carbocycles. The minimum atomic E-state index is -0.487. The standard InChI is InChI=1S/C18H18N6O4/c1-27-14-6-11(5-12(7-14)18(26)28-2)9-24-10-13(8-22-24)23-17(25)15-16(19)21-4-3-20-15/h3-8,10H,9H2,1-2H3,(H2,19,21)(H,23,25). The second kappa shape index (κ2) is 8.16. The Bertz CT molecular complexity index is 1020. The summed E-state index contributed by atoms with van der Waals surface area (Å²) < 4.78 is 11.6. The second-order valence-corrected chi connectivity index (χ2v) is 5.73. The van der Waals surface area contributed by atoms with Gasteiger partial charge in [0, 0.05) is 18.6 Å². The number of esters is 1. The molecule has 144 valence electrons. The van der Waals surface area contributed by atoms with Crippen LogP contribution in [0, 0.1) is 0 Å². The summed E-state index contributed by atoms with van der Waals surface area (Å²) in [5.41, 5.74) is 7.30. The van der Waals surface area contributed by atoms with Crippen molar-refractivity contribution in [2.75, 3.05) is 25.3 Å². The number of nitrogens with one attached hydrogen (secondary N) is 1. The van der Waals surface area contributed by atoms with Gasteiger partial charge in [-0.3, -0.25) is 9.48 Å². The van der Waals surface area contributed by atoms with Crippen LogP contribution in [0.3, 0.4) is 0 Å². The van der Waals surface area contributed by atoms with Crippen molar-refractivity contribution >= 4 is 23.4 Å². The molecule has 0 atom stereocenters. The van der Waals surface area contributed by atoms with Crippen molar-refractivity contribution in [3.8, 4) is 5.75 Å². The molecule has 0 aliphatic rings. The molecule has 0 radical (unpaired) electrons. The van der Waals surface area contributed by atoms with Crippen molar-refractivity contribution in [2.24, 2.45) is 0 Å². The molecule has 0 saturated heterocycles. The maximum Gasteiger partial charge on any atom is 0.337 e. The van der Waals surface area contributed by atoms with E-state index in [2.05, 4.69) is 20.4 Å². The highest BCUT2D eigenvalue weighted by atomic mass is 16.5. The zero-order valence-corrected chi connectivity index (χ0v) is 15.2. The molecule has 10 nitrogen and oxygen atoms in total. The first-order chi connectivity index (χ1) is 13.5. The predicted molar refractivity (Wildman–Crippen MR) is 100 cm³/mol. The van der Waals surface area contributed by atoms with Gasteiger partial charge < -0.3 is 20.5 Å². The zero-order valence-electron chi connectivity index (χ0n) is 15.2. The molecule has 10 heteroatoms. The Morgan fingerprint density at radius 1 is 1.18 bits per heavy atom. The molecule has 0 aliphatic heterocycles. The number of rotatable bonds is 6. The summed E-state index contributed by atoms with van der Waals surface area (Å²) in [7, 11) is 2.83. The predicted octanol–water partition coefficient (Wildman–Crippen LogP) is 1.35. The lowest BCUT2D eigenvalue weighted by atomic mass is 10.1. The number of nitrogens with zero attached hydrogens (tertiary/aromatic N) is 4. The van der Waals surface area contributed by atoms with Crippen LogP contribution in [0.1, 0.15) is 26.4 Å². The van der Waals surface area contributed by atoms with Gasteiger partial charge >= 0.3 is 5.97 Å². The average molecular weight is 382 g/mol. The minimum Gasteiger partial charge on any atom is -0.497 e. The Kier molecular flexibility index (Phi) is 5.49. The van der Waals surface area contributed by atoms with Crippen molar-refractivity contribution in [2.45, 2.75) is 6.54 Å². The van der Waals surface area contributed by atoms with Crippen LogP contribution in [0.25, 0.3) is 0 Å². The third-order valence-electron chi connectivity index (χ3n) is 3.80. The van der Waals surface area contributed by atoms with Gasteiger partial charge in [0.15, 0.2) is 11.5 Å². The van der Waals surface area contributed by atoms with Crippen molar-refractivity contribution < 1.29 is 19.1 Å². The van der Waals surface area contributed by atoms with Crippen LogP contribution in [0.2, 0.25) is 0 Å². The van der Waals surface area contributed by atoms with E-state index >= 15 is 0 Å². The Hall–Kier alpha value is -3.95. The van der Waals surface area contributed by atoms with Gasteiger partial charge in [-0.15, -0.1) is 0 Å². The normalized spacial score (nSPS) is 10.4. The Morgan fingerprint density at radius 3 is 2.68 bits per heavy atom. The van der Waals surface area contributed by atoms with E-state index in [-0.39, 0.29) is 11.5 Å². The molecule has 2 aromatic heterocycles. The maximum absolute atomic E-state index is 12.2. The lowest BCUT2D eigenvalue weighted by Crippen LogP contribution is -2.16. The maximum atomic E-state index is 12.2. The number of ether oxygens (including phenoxy) is 2. The fraction of sp³-hybridized carbons (Fsp3) is 0.167. The zero-order chi connectivity index (χ0) is 20.1. The highest BCUT2D eigenvalue weighted by Gasteiger charge is 2.14. The van der Waals surface area contributed by atoms with Crippen molar-refractivity contribution in [1.82, 2.24) is 19.7 Å². The summed E-state index contributed by atoms with van der Waals surface area (Å²) in [4.78, 5) is 31.8. The van der Waals surface area contributed by atoms with Crippen LogP contribution in [0.4, 0.5) is 11.5 Å². The largest absolute Gasteiger partial charge is 0.497 e. The molecule has 2 heterocycles. The van der Waals surface area contributed by atoms with E-state index in [0.29, 0.717) is 23.5 Å². The molecule has 0 fully saturated rings. The number of carbonyl (C=O) groups excluding carboxylic acids is 2. The molecule has 3 aromatic rings. The van der Waals surface area contributed by atoms with Gasteiger partial charge in [0.05, 0.1) is 38.2 Å². The van der Waals surface area contributed by atoms with E-state index in [1.807, 2.05) is 0 Å². The van der Waals surface area contributed by atoms with Crippen LogP contribution in [0.15, 0.2) is 43.0 Å². The third-order valence-corrected chi connectivity index (χ3v) is 3.80. The smallest absolute Gasteiger partial charge is 0.337 e. The first kappa shape index (κ1) is 18.8. The van der Waals surface area contributed by atoms with Crippen molar-refractivity contribution in [3.05, 3.63) is 59.8 Å². The number of hydrogen-bond acceptors (Lipinski definition) is 8. The first-order valence-corrected chi connectivity index (χ1v) is 8.16. The number of anilines is 2. The molecule has 0 bridgehead atoms. The van der Waals surface area contributed by atoms with Crippen molar-refractivity contribution in [3.63, 3.8) is 0 Å². The van der Waals surface area contributed by atoms with Crippen LogP contribution < -0.4 is 15.8 Å². The van der Waals surface area contributed by atoms with Gasteiger partial charge in [0.1, 0.15) is 5.75 Å². The third kappa shape index (κ3) is 4.23. The van der Waals surface area contributed by atoms with E-state index in [1.165, 1.54) is 32.8 Å². The minimum absolute atomic E-state index is 0.0331. The summed E-state index contributed by atoms with van der Waals surface area (Å²) in [5.74, 6) is -0.384. The molecule has 28 heavy (non-hydrogen) atoms. The van der Waals surface area contributed by atoms with Gasteiger partial charge in [-0.2, -0.15) is 5.10 Å². The number of nitrogen functional groups attached to an aromatic ring is 1. The highest BCUT2D eigenvalue weighted by molar-refractivity contribution is 6.05. The van der Waals surface area contributed by atoms with Crippen molar-refractivity contribution in [1.29, 1.82) is 0 Å². The number of nitrogens with two attached hydrogens (primary N) is 1. The van der Waals surface area contributed by atoms with E-state index in [1.54, 1.807) is 29.1 Å². The Labute approximate surface area is 160 Å². The molecule has 0 spiro atoms.